The first-order valence-corrected chi connectivity index (χ1v) is 12.2. The lowest BCUT2D eigenvalue weighted by atomic mass is 9.79. The van der Waals surface area contributed by atoms with Crippen LogP contribution in [0.25, 0.3) is 0 Å². The summed E-state index contributed by atoms with van der Waals surface area (Å²) in [6, 6.07) is 6.36. The third-order valence-corrected chi connectivity index (χ3v) is 7.11. The van der Waals surface area contributed by atoms with Gasteiger partial charge in [-0.2, -0.15) is 10.2 Å². The Morgan fingerprint density at radius 3 is 2.53 bits per heavy atom. The van der Waals surface area contributed by atoms with Crippen molar-refractivity contribution < 1.29 is 31.8 Å². The molecule has 12 heteroatoms. The number of hydrogen-bond acceptors (Lipinski definition) is 8. The Bertz CT molecular complexity index is 1170. The van der Waals surface area contributed by atoms with E-state index in [4.69, 9.17) is 4.74 Å². The third kappa shape index (κ3) is 6.82. The topological polar surface area (TPSA) is 87.1 Å². The molecule has 0 spiro atoms. The van der Waals surface area contributed by atoms with Crippen molar-refractivity contribution in [2.45, 2.75) is 56.9 Å². The molecule has 1 aromatic carbocycles. The normalized spacial score (nSPS) is 19.1. The second-order valence-electron chi connectivity index (χ2n) is 8.65. The number of nitrogens with zero attached hydrogens (tertiary/aromatic N) is 4. The fraction of sp³-hybridized carbons (Fsp3) is 0.458. The van der Waals surface area contributed by atoms with Crippen molar-refractivity contribution in [1.82, 2.24) is 20.4 Å². The van der Waals surface area contributed by atoms with Crippen LogP contribution in [0.2, 0.25) is 0 Å². The number of carbonyl (C=O) groups is 1. The molecular weight excluding hydrogens is 500 g/mol. The smallest absolute Gasteiger partial charge is 0.406 e. The van der Waals surface area contributed by atoms with Gasteiger partial charge in [-0.05, 0) is 61.9 Å². The average Bonchev–Trinajstić information content (AvgIpc) is 3.28. The van der Waals surface area contributed by atoms with Crippen molar-refractivity contribution in [3.8, 4) is 5.75 Å². The number of methoxy groups -OCH3 is 1. The number of carbonyl (C=O) groups excluding carboxylic acids is 1. The monoisotopic (exact) mass is 524 g/mol. The molecular formula is C24H24F4N4O3S. The van der Waals surface area contributed by atoms with Gasteiger partial charge in [-0.3, -0.25) is 4.79 Å². The lowest BCUT2D eigenvalue weighted by Gasteiger charge is -2.27. The highest BCUT2D eigenvalue weighted by molar-refractivity contribution is 7.11. The van der Waals surface area contributed by atoms with E-state index in [1.54, 1.807) is 6.20 Å². The predicted octanol–water partition coefficient (Wildman–Crippen LogP) is 5.38. The molecule has 1 fully saturated rings. The fourth-order valence-corrected chi connectivity index (χ4v) is 5.44. The van der Waals surface area contributed by atoms with E-state index in [9.17, 15) is 22.4 Å². The molecule has 2 aromatic heterocycles. The number of rotatable bonds is 9. The van der Waals surface area contributed by atoms with E-state index in [2.05, 4.69) is 25.1 Å². The first kappa shape index (κ1) is 26.1. The van der Waals surface area contributed by atoms with Crippen LogP contribution in [0.15, 0.2) is 36.5 Å². The molecule has 4 rings (SSSR count). The molecule has 2 heterocycles. The van der Waals surface area contributed by atoms with E-state index in [-0.39, 0.29) is 12.0 Å². The predicted molar refractivity (Wildman–Crippen MR) is 122 cm³/mol. The van der Waals surface area contributed by atoms with Gasteiger partial charge in [-0.1, -0.05) is 0 Å². The fourth-order valence-electron chi connectivity index (χ4n) is 4.48. The van der Waals surface area contributed by atoms with Crippen LogP contribution in [-0.4, -0.2) is 39.7 Å². The average molecular weight is 525 g/mol. The van der Waals surface area contributed by atoms with Crippen LogP contribution in [0.4, 0.5) is 17.6 Å². The van der Waals surface area contributed by atoms with E-state index >= 15 is 0 Å². The van der Waals surface area contributed by atoms with Gasteiger partial charge in [0.2, 0.25) is 0 Å². The maximum absolute atomic E-state index is 14.3. The van der Waals surface area contributed by atoms with Crippen LogP contribution in [-0.2, 0) is 22.4 Å². The van der Waals surface area contributed by atoms with Crippen molar-refractivity contribution in [2.75, 3.05) is 7.11 Å². The summed E-state index contributed by atoms with van der Waals surface area (Å²) in [5.74, 6) is -1.20. The van der Waals surface area contributed by atoms with E-state index in [0.717, 1.165) is 61.0 Å². The minimum atomic E-state index is -4.94. The molecule has 0 saturated heterocycles. The van der Waals surface area contributed by atoms with Gasteiger partial charge in [0, 0.05) is 31.2 Å². The first-order valence-electron chi connectivity index (χ1n) is 11.4. The summed E-state index contributed by atoms with van der Waals surface area (Å²) < 4.78 is 60.9. The maximum atomic E-state index is 14.3. The number of benzene rings is 1. The van der Waals surface area contributed by atoms with Crippen molar-refractivity contribution in [1.29, 1.82) is 0 Å². The van der Waals surface area contributed by atoms with Crippen LogP contribution >= 0.6 is 11.3 Å². The van der Waals surface area contributed by atoms with E-state index in [1.165, 1.54) is 18.4 Å². The van der Waals surface area contributed by atoms with Gasteiger partial charge >= 0.3 is 6.36 Å². The second kappa shape index (κ2) is 11.4. The molecule has 7 nitrogen and oxygen atoms in total. The molecule has 1 aliphatic rings. The molecule has 0 N–H and O–H groups in total. The Hall–Kier alpha value is -2.99. The van der Waals surface area contributed by atoms with E-state index in [1.807, 2.05) is 12.1 Å². The Labute approximate surface area is 208 Å². The molecule has 0 bridgehead atoms. The zero-order valence-electron chi connectivity index (χ0n) is 19.4. The lowest BCUT2D eigenvalue weighted by molar-refractivity contribution is -0.274. The summed E-state index contributed by atoms with van der Waals surface area (Å²) in [7, 11) is 1.18. The van der Waals surface area contributed by atoms with Crippen LogP contribution in [0.1, 0.15) is 59.0 Å². The van der Waals surface area contributed by atoms with Crippen LogP contribution in [0.5, 0.6) is 5.75 Å². The Kier molecular flexibility index (Phi) is 8.24. The summed E-state index contributed by atoms with van der Waals surface area (Å²) in [4.78, 5) is 12.8. The SMILES string of the molecule is CO[C@H](C(=O)Cc1nnc(CC2CCC(c3cccnn3)CC2)s1)c1cc(OC(F)(F)F)ccc1F. The Balaban J connectivity index is 1.35. The number of aromatic nitrogens is 4. The summed E-state index contributed by atoms with van der Waals surface area (Å²) in [6.45, 7) is 0. The Morgan fingerprint density at radius 1 is 1.11 bits per heavy atom. The zero-order chi connectivity index (χ0) is 25.7. The van der Waals surface area contributed by atoms with Gasteiger partial charge < -0.3 is 9.47 Å². The van der Waals surface area contributed by atoms with Crippen molar-refractivity contribution in [3.05, 3.63) is 63.6 Å². The minimum Gasteiger partial charge on any atom is -0.406 e. The van der Waals surface area contributed by atoms with E-state index in [0.29, 0.717) is 16.8 Å². The molecule has 0 amide bonds. The lowest BCUT2D eigenvalue weighted by Crippen LogP contribution is -2.20. The summed E-state index contributed by atoms with van der Waals surface area (Å²) in [6.07, 6.45) is -0.0374. The minimum absolute atomic E-state index is 0.181. The molecule has 36 heavy (non-hydrogen) atoms. The number of ketones is 1. The van der Waals surface area contributed by atoms with Crippen LogP contribution < -0.4 is 4.74 Å². The molecule has 1 saturated carbocycles. The first-order chi connectivity index (χ1) is 17.2. The van der Waals surface area contributed by atoms with Gasteiger partial charge in [0.15, 0.2) is 5.78 Å². The summed E-state index contributed by atoms with van der Waals surface area (Å²) >= 11 is 1.30. The number of Topliss-reactive ketones (excluding diaryl/α,β-unsaturated/α-hetero) is 1. The highest BCUT2D eigenvalue weighted by atomic mass is 32.1. The quantitative estimate of drug-likeness (QED) is 0.347. The second-order valence-corrected chi connectivity index (χ2v) is 9.80. The van der Waals surface area contributed by atoms with Crippen molar-refractivity contribution in [2.24, 2.45) is 5.92 Å². The number of ether oxygens (including phenoxy) is 2. The van der Waals surface area contributed by atoms with Crippen molar-refractivity contribution in [3.63, 3.8) is 0 Å². The van der Waals surface area contributed by atoms with Crippen molar-refractivity contribution >= 4 is 17.1 Å². The number of halogens is 4. The summed E-state index contributed by atoms with van der Waals surface area (Å²) in [5, 5.41) is 17.7. The van der Waals surface area contributed by atoms with Crippen LogP contribution in [0.3, 0.4) is 0 Å². The maximum Gasteiger partial charge on any atom is 0.573 e. The standard InChI is InChI=1S/C24H24F4N4O3S/c1-34-23(17-12-16(8-9-18(17)25)35-24(26,27)28)20(33)13-22-32-31-21(36-22)11-14-4-6-15(7-5-14)19-3-2-10-29-30-19/h2-3,8-10,12,14-15,23H,4-7,11,13H2,1H3/t14?,15?,23-/m0/s1. The Morgan fingerprint density at radius 2 is 1.86 bits per heavy atom. The molecule has 3 aromatic rings. The largest absolute Gasteiger partial charge is 0.573 e. The molecule has 1 aliphatic carbocycles. The highest BCUT2D eigenvalue weighted by Gasteiger charge is 2.32. The van der Waals surface area contributed by atoms with Gasteiger partial charge in [-0.25, -0.2) is 4.39 Å². The molecule has 1 atom stereocenters. The molecule has 0 unspecified atom stereocenters. The third-order valence-electron chi connectivity index (χ3n) is 6.17. The van der Waals surface area contributed by atoms with Gasteiger partial charge in [0.1, 0.15) is 27.7 Å². The number of alkyl halides is 3. The molecule has 192 valence electrons. The van der Waals surface area contributed by atoms with Gasteiger partial charge in [-0.15, -0.1) is 34.7 Å². The zero-order valence-corrected chi connectivity index (χ0v) is 20.2. The molecule has 0 aliphatic heterocycles. The molecule has 0 radical (unpaired) electrons. The van der Waals surface area contributed by atoms with E-state index < -0.39 is 29.8 Å². The number of hydrogen-bond donors (Lipinski definition) is 0. The summed E-state index contributed by atoms with van der Waals surface area (Å²) in [5.41, 5.74) is 0.682. The van der Waals surface area contributed by atoms with Crippen LogP contribution in [0, 0.1) is 11.7 Å². The van der Waals surface area contributed by atoms with Gasteiger partial charge in [0.25, 0.3) is 0 Å². The highest BCUT2D eigenvalue weighted by Crippen LogP contribution is 2.36. The van der Waals surface area contributed by atoms with Gasteiger partial charge in [0.05, 0.1) is 12.1 Å².